The van der Waals surface area contributed by atoms with E-state index < -0.39 is 21.3 Å². The molecule has 4 aliphatic rings. The number of carbonyl (C=O) groups is 1. The average Bonchev–Trinajstić information content (AvgIpc) is 3.05. The van der Waals surface area contributed by atoms with E-state index in [0.29, 0.717) is 17.8 Å². The second-order valence-electron chi connectivity index (χ2n) is 12.8. The molecule has 0 atom stereocenters. The van der Waals surface area contributed by atoms with E-state index >= 15 is 0 Å². The Morgan fingerprint density at radius 2 is 1.13 bits per heavy atom. The molecule has 4 saturated carbocycles. The van der Waals surface area contributed by atoms with Gasteiger partial charge in [-0.2, -0.15) is 8.78 Å². The van der Waals surface area contributed by atoms with Gasteiger partial charge in [-0.3, -0.25) is 0 Å². The summed E-state index contributed by atoms with van der Waals surface area (Å²) in [5.74, 6) is -0.579. The summed E-state index contributed by atoms with van der Waals surface area (Å²) in [7, 11) is -6.12. The molecule has 5 nitrogen and oxygen atoms in total. The number of rotatable bonds is 9. The molecule has 0 unspecified atom stereocenters. The molecule has 0 spiro atoms. The summed E-state index contributed by atoms with van der Waals surface area (Å²) >= 11 is 1.80. The molecule has 0 aliphatic heterocycles. The SMILES string of the molecule is O=C(OCC12CC3CC(CC(C3)C1)C2)C(F)(F)S(=O)(=O)[O-].c1ccc(Sc2ccc([S+](c3ccccc3)c3ccccc3)cc2)cc1. The van der Waals surface area contributed by atoms with Gasteiger partial charge in [-0.15, -0.1) is 0 Å². The molecule has 0 saturated heterocycles. The van der Waals surface area contributed by atoms with Crippen molar-refractivity contribution < 1.29 is 31.3 Å². The Labute approximate surface area is 282 Å². The lowest BCUT2D eigenvalue weighted by Gasteiger charge is -2.56. The standard InChI is InChI=1S/C24H19S2.C13H18F2O5S/c1-4-10-20(11-5-1)25-21-16-18-24(19-17-21)26(22-12-6-2-7-13-22)23-14-8-3-9-15-23;14-13(15,21(17,18)19)11(16)20-7-12-4-8-1-9(5-12)3-10(2-8)6-12/h1-19H;8-10H,1-7H2,(H,17,18,19)/q+1;/p-1. The van der Waals surface area contributed by atoms with Gasteiger partial charge in [0.2, 0.25) is 0 Å². The number of esters is 1. The normalized spacial score (nSPS) is 23.2. The first-order valence-corrected chi connectivity index (χ1v) is 19.1. The van der Waals surface area contributed by atoms with Crippen LogP contribution in [0.3, 0.4) is 0 Å². The second-order valence-corrected chi connectivity index (χ2v) is 17.4. The Kier molecular flexibility index (Phi) is 10.1. The highest BCUT2D eigenvalue weighted by Crippen LogP contribution is 2.60. The molecule has 0 amide bonds. The summed E-state index contributed by atoms with van der Waals surface area (Å²) in [5.41, 5.74) is -0.298. The number of carbonyl (C=O) groups excluding carboxylic acids is 1. The van der Waals surface area contributed by atoms with Crippen LogP contribution in [0.4, 0.5) is 8.78 Å². The van der Waals surface area contributed by atoms with Crippen LogP contribution in [0.25, 0.3) is 0 Å². The van der Waals surface area contributed by atoms with Gasteiger partial charge in [0.15, 0.2) is 24.8 Å². The van der Waals surface area contributed by atoms with E-state index in [2.05, 4.69) is 120 Å². The van der Waals surface area contributed by atoms with Crippen molar-refractivity contribution in [1.29, 1.82) is 0 Å². The Balaban J connectivity index is 0.000000168. The minimum absolute atomic E-state index is 0.0786. The van der Waals surface area contributed by atoms with Crippen molar-refractivity contribution in [2.24, 2.45) is 23.2 Å². The van der Waals surface area contributed by atoms with Crippen molar-refractivity contribution in [3.8, 4) is 0 Å². The first-order valence-electron chi connectivity index (χ1n) is 15.7. The van der Waals surface area contributed by atoms with Crippen LogP contribution in [0.15, 0.2) is 140 Å². The lowest BCUT2D eigenvalue weighted by atomic mass is 9.50. The van der Waals surface area contributed by atoms with Crippen molar-refractivity contribution in [3.63, 3.8) is 0 Å². The summed E-state index contributed by atoms with van der Waals surface area (Å²) < 4.78 is 62.0. The van der Waals surface area contributed by atoms with Crippen LogP contribution < -0.4 is 0 Å². The molecular formula is C37H36F2O5S3. The molecule has 4 fully saturated rings. The second kappa shape index (κ2) is 14.1. The molecule has 0 heterocycles. The maximum atomic E-state index is 13.1. The first-order chi connectivity index (χ1) is 22.5. The number of benzene rings is 4. The van der Waals surface area contributed by atoms with E-state index in [1.54, 1.807) is 11.8 Å². The summed E-state index contributed by atoms with van der Waals surface area (Å²) in [6.45, 7) is -0.208. The zero-order valence-electron chi connectivity index (χ0n) is 25.7. The van der Waals surface area contributed by atoms with Crippen molar-refractivity contribution in [1.82, 2.24) is 0 Å². The third kappa shape index (κ3) is 7.94. The fourth-order valence-corrected chi connectivity index (χ4v) is 10.8. The van der Waals surface area contributed by atoms with E-state index in [-0.39, 0.29) is 22.9 Å². The monoisotopic (exact) mass is 694 g/mol. The molecule has 0 radical (unpaired) electrons. The van der Waals surface area contributed by atoms with Crippen LogP contribution in [0, 0.1) is 23.2 Å². The molecule has 246 valence electrons. The van der Waals surface area contributed by atoms with Crippen molar-refractivity contribution >= 4 is 38.7 Å². The summed E-state index contributed by atoms with van der Waals surface area (Å²) in [6.07, 6.45) is 5.96. The Bertz CT molecular complexity index is 1680. The van der Waals surface area contributed by atoms with Crippen LogP contribution >= 0.6 is 11.8 Å². The molecule has 10 heteroatoms. The van der Waals surface area contributed by atoms with Gasteiger partial charge in [-0.1, -0.05) is 66.4 Å². The molecule has 0 N–H and O–H groups in total. The fourth-order valence-electron chi connectivity index (χ4n) is 7.66. The van der Waals surface area contributed by atoms with E-state index in [0.717, 1.165) is 38.5 Å². The molecule has 4 aliphatic carbocycles. The lowest BCUT2D eigenvalue weighted by molar-refractivity contribution is -0.172. The Hall–Kier alpha value is -3.18. The first kappa shape index (κ1) is 33.7. The number of hydrogen-bond donors (Lipinski definition) is 0. The predicted octanol–water partition coefficient (Wildman–Crippen LogP) is 8.82. The largest absolute Gasteiger partial charge is 0.743 e. The summed E-state index contributed by atoms with van der Waals surface area (Å²) in [6, 6.07) is 41.1. The van der Waals surface area contributed by atoms with Gasteiger partial charge in [-0.05, 0) is 117 Å². The van der Waals surface area contributed by atoms with E-state index in [1.165, 1.54) is 24.5 Å². The van der Waals surface area contributed by atoms with Gasteiger partial charge >= 0.3 is 11.2 Å². The third-order valence-electron chi connectivity index (χ3n) is 9.22. The van der Waals surface area contributed by atoms with Gasteiger partial charge in [0.05, 0.1) is 17.5 Å². The van der Waals surface area contributed by atoms with Crippen LogP contribution in [-0.2, 0) is 30.5 Å². The van der Waals surface area contributed by atoms with Gasteiger partial charge in [0.1, 0.15) is 0 Å². The zero-order valence-corrected chi connectivity index (χ0v) is 28.1. The minimum atomic E-state index is -6.04. The molecule has 4 aromatic rings. The van der Waals surface area contributed by atoms with Gasteiger partial charge < -0.3 is 9.29 Å². The van der Waals surface area contributed by atoms with Crippen LogP contribution in [0.2, 0.25) is 0 Å². The highest BCUT2D eigenvalue weighted by atomic mass is 32.2. The predicted molar refractivity (Wildman–Crippen MR) is 178 cm³/mol. The smallest absolute Gasteiger partial charge is 0.428 e. The summed E-state index contributed by atoms with van der Waals surface area (Å²) in [4.78, 5) is 17.8. The van der Waals surface area contributed by atoms with E-state index in [9.17, 15) is 26.5 Å². The molecule has 47 heavy (non-hydrogen) atoms. The van der Waals surface area contributed by atoms with Crippen LogP contribution in [0.1, 0.15) is 38.5 Å². The van der Waals surface area contributed by atoms with E-state index in [4.69, 9.17) is 0 Å². The summed E-state index contributed by atoms with van der Waals surface area (Å²) in [5, 5.41) is -5.00. The van der Waals surface area contributed by atoms with Crippen LogP contribution in [0.5, 0.6) is 0 Å². The molecule has 4 bridgehead atoms. The van der Waals surface area contributed by atoms with Crippen molar-refractivity contribution in [2.45, 2.75) is 68.3 Å². The number of ether oxygens (including phenoxy) is 1. The third-order valence-corrected chi connectivity index (χ3v) is 13.3. The highest BCUT2D eigenvalue weighted by molar-refractivity contribution is 7.99. The minimum Gasteiger partial charge on any atom is -0.743 e. The maximum Gasteiger partial charge on any atom is 0.428 e. The maximum absolute atomic E-state index is 13.1. The van der Waals surface area contributed by atoms with Crippen molar-refractivity contribution in [2.75, 3.05) is 6.61 Å². The van der Waals surface area contributed by atoms with Crippen LogP contribution in [-0.4, -0.2) is 30.8 Å². The Morgan fingerprint density at radius 1 is 0.723 bits per heavy atom. The topological polar surface area (TPSA) is 83.5 Å². The fraction of sp³-hybridized carbons (Fsp3) is 0.324. The Morgan fingerprint density at radius 3 is 1.57 bits per heavy atom. The molecule has 4 aromatic carbocycles. The number of alkyl halides is 2. The molecule has 0 aromatic heterocycles. The highest BCUT2D eigenvalue weighted by Gasteiger charge is 2.53. The zero-order chi connectivity index (χ0) is 33.1. The van der Waals surface area contributed by atoms with Gasteiger partial charge in [0, 0.05) is 15.2 Å². The van der Waals surface area contributed by atoms with Gasteiger partial charge in [-0.25, -0.2) is 13.2 Å². The quantitative estimate of drug-likeness (QED) is 0.0990. The van der Waals surface area contributed by atoms with Gasteiger partial charge in [0.25, 0.3) is 0 Å². The van der Waals surface area contributed by atoms with E-state index in [1.807, 2.05) is 0 Å². The molecule has 8 rings (SSSR count). The number of hydrogen-bond acceptors (Lipinski definition) is 6. The lowest BCUT2D eigenvalue weighted by Crippen LogP contribution is -2.49. The average molecular weight is 695 g/mol. The molecular weight excluding hydrogens is 659 g/mol. The van der Waals surface area contributed by atoms with Crippen molar-refractivity contribution in [3.05, 3.63) is 115 Å². The number of halogens is 2.